The molecule has 0 fully saturated rings. The fraction of sp³-hybridized carbons (Fsp3) is 0.368. The lowest BCUT2D eigenvalue weighted by Crippen LogP contribution is -2.53. The zero-order valence-corrected chi connectivity index (χ0v) is 14.3. The maximum Gasteiger partial charge on any atom is 0.430 e. The standard InChI is InChI=1S/C19H17F6NO/c1-12-10-26(11-13-5-3-2-4-6-13)16-8-7-14(9-15(12)16)17(27,18(20,21)22)19(23,24)25/h2-9,12,27H,10-11H2,1H3. The third-order valence-electron chi connectivity index (χ3n) is 4.85. The third kappa shape index (κ3) is 3.26. The molecule has 0 saturated heterocycles. The summed E-state index contributed by atoms with van der Waals surface area (Å²) < 4.78 is 78.7. The molecule has 2 nitrogen and oxygen atoms in total. The summed E-state index contributed by atoms with van der Waals surface area (Å²) in [5.74, 6) is -0.269. The first kappa shape index (κ1) is 19.5. The zero-order chi connectivity index (χ0) is 20.0. The molecule has 0 amide bonds. The Morgan fingerprint density at radius 2 is 1.56 bits per heavy atom. The van der Waals surface area contributed by atoms with Gasteiger partial charge in [-0.15, -0.1) is 0 Å². The lowest BCUT2D eigenvalue weighted by atomic mass is 9.89. The number of hydrogen-bond donors (Lipinski definition) is 1. The van der Waals surface area contributed by atoms with Crippen molar-refractivity contribution in [1.82, 2.24) is 0 Å². The molecule has 27 heavy (non-hydrogen) atoms. The van der Waals surface area contributed by atoms with Crippen molar-refractivity contribution < 1.29 is 31.4 Å². The van der Waals surface area contributed by atoms with Crippen LogP contribution in [0.25, 0.3) is 0 Å². The van der Waals surface area contributed by atoms with Gasteiger partial charge in [-0.3, -0.25) is 0 Å². The molecule has 0 aromatic heterocycles. The van der Waals surface area contributed by atoms with Crippen LogP contribution in [0.4, 0.5) is 32.0 Å². The molecule has 1 atom stereocenters. The number of aliphatic hydroxyl groups is 1. The molecule has 0 radical (unpaired) electrons. The predicted molar refractivity (Wildman–Crippen MR) is 88.4 cm³/mol. The first-order valence-corrected chi connectivity index (χ1v) is 8.24. The van der Waals surface area contributed by atoms with Gasteiger partial charge in [-0.1, -0.05) is 43.3 Å². The average molecular weight is 389 g/mol. The molecule has 0 saturated carbocycles. The van der Waals surface area contributed by atoms with E-state index in [1.807, 2.05) is 35.2 Å². The fourth-order valence-corrected chi connectivity index (χ4v) is 3.43. The van der Waals surface area contributed by atoms with Gasteiger partial charge in [-0.05, 0) is 23.3 Å². The van der Waals surface area contributed by atoms with Gasteiger partial charge in [0.05, 0.1) is 0 Å². The molecular weight excluding hydrogens is 372 g/mol. The Bertz CT molecular complexity index is 801. The highest BCUT2D eigenvalue weighted by atomic mass is 19.4. The summed E-state index contributed by atoms with van der Waals surface area (Å²) in [4.78, 5) is 1.90. The number of fused-ring (bicyclic) bond motifs is 1. The second-order valence-electron chi connectivity index (χ2n) is 6.75. The zero-order valence-electron chi connectivity index (χ0n) is 14.3. The minimum Gasteiger partial charge on any atom is -0.369 e. The maximum absolute atomic E-state index is 13.1. The number of anilines is 1. The van der Waals surface area contributed by atoms with Crippen LogP contribution in [-0.2, 0) is 12.1 Å². The second kappa shape index (κ2) is 6.44. The Balaban J connectivity index is 2.01. The summed E-state index contributed by atoms with van der Waals surface area (Å²) >= 11 is 0. The number of rotatable bonds is 3. The Morgan fingerprint density at radius 3 is 2.11 bits per heavy atom. The van der Waals surface area contributed by atoms with Crippen LogP contribution >= 0.6 is 0 Å². The minimum absolute atomic E-state index is 0.269. The fourth-order valence-electron chi connectivity index (χ4n) is 3.43. The van der Waals surface area contributed by atoms with E-state index in [1.165, 1.54) is 6.07 Å². The van der Waals surface area contributed by atoms with E-state index in [0.717, 1.165) is 11.6 Å². The van der Waals surface area contributed by atoms with E-state index < -0.39 is 23.5 Å². The van der Waals surface area contributed by atoms with Crippen LogP contribution in [0.2, 0.25) is 0 Å². The lowest BCUT2D eigenvalue weighted by Gasteiger charge is -2.33. The van der Waals surface area contributed by atoms with Crippen molar-refractivity contribution in [2.45, 2.75) is 37.3 Å². The highest BCUT2D eigenvalue weighted by molar-refractivity contribution is 5.62. The van der Waals surface area contributed by atoms with E-state index >= 15 is 0 Å². The Morgan fingerprint density at radius 1 is 0.963 bits per heavy atom. The summed E-state index contributed by atoms with van der Waals surface area (Å²) in [7, 11) is 0. The van der Waals surface area contributed by atoms with E-state index in [4.69, 9.17) is 0 Å². The van der Waals surface area contributed by atoms with Crippen LogP contribution in [0.5, 0.6) is 0 Å². The van der Waals surface area contributed by atoms with Crippen molar-refractivity contribution in [2.24, 2.45) is 0 Å². The highest BCUT2D eigenvalue weighted by Crippen LogP contribution is 2.51. The van der Waals surface area contributed by atoms with Gasteiger partial charge in [0.2, 0.25) is 0 Å². The minimum atomic E-state index is -5.88. The molecule has 1 aliphatic rings. The number of halogens is 6. The third-order valence-corrected chi connectivity index (χ3v) is 4.85. The molecule has 146 valence electrons. The molecule has 8 heteroatoms. The highest BCUT2D eigenvalue weighted by Gasteiger charge is 2.71. The Hall–Kier alpha value is -2.22. The van der Waals surface area contributed by atoms with Crippen molar-refractivity contribution >= 4 is 5.69 Å². The quantitative estimate of drug-likeness (QED) is 0.737. The van der Waals surface area contributed by atoms with Crippen molar-refractivity contribution in [3.05, 3.63) is 65.2 Å². The Labute approximate surface area is 152 Å². The van der Waals surface area contributed by atoms with Crippen molar-refractivity contribution in [1.29, 1.82) is 0 Å². The normalized spacial score (nSPS) is 17.9. The van der Waals surface area contributed by atoms with E-state index in [9.17, 15) is 31.4 Å². The molecule has 1 heterocycles. The van der Waals surface area contributed by atoms with Crippen LogP contribution in [0.3, 0.4) is 0 Å². The predicted octanol–water partition coefficient (Wildman–Crippen LogP) is 5.12. The first-order chi connectivity index (χ1) is 12.4. The van der Waals surface area contributed by atoms with Gasteiger partial charge >= 0.3 is 12.4 Å². The van der Waals surface area contributed by atoms with Gasteiger partial charge < -0.3 is 10.0 Å². The molecule has 0 aliphatic carbocycles. The van der Waals surface area contributed by atoms with Crippen molar-refractivity contribution in [3.63, 3.8) is 0 Å². The molecule has 3 rings (SSSR count). The van der Waals surface area contributed by atoms with Crippen molar-refractivity contribution in [3.8, 4) is 0 Å². The second-order valence-corrected chi connectivity index (χ2v) is 6.75. The molecule has 0 bridgehead atoms. The van der Waals surface area contributed by atoms with E-state index in [-0.39, 0.29) is 5.92 Å². The summed E-state index contributed by atoms with van der Waals surface area (Å²) in [6, 6.07) is 12.1. The van der Waals surface area contributed by atoms with Crippen LogP contribution < -0.4 is 4.90 Å². The van der Waals surface area contributed by atoms with Crippen LogP contribution in [0.1, 0.15) is 29.5 Å². The largest absolute Gasteiger partial charge is 0.430 e. The summed E-state index contributed by atoms with van der Waals surface area (Å²) in [5.41, 5.74) is -4.21. The first-order valence-electron chi connectivity index (χ1n) is 8.24. The van der Waals surface area contributed by atoms with Gasteiger partial charge in [-0.25, -0.2) is 0 Å². The van der Waals surface area contributed by atoms with Gasteiger partial charge in [0.25, 0.3) is 5.60 Å². The lowest BCUT2D eigenvalue weighted by molar-refractivity contribution is -0.376. The molecule has 1 unspecified atom stereocenters. The van der Waals surface area contributed by atoms with Gasteiger partial charge in [-0.2, -0.15) is 26.3 Å². The van der Waals surface area contributed by atoms with Crippen LogP contribution in [0, 0.1) is 0 Å². The molecular formula is C19H17F6NO. The van der Waals surface area contributed by atoms with E-state index in [1.54, 1.807) is 6.92 Å². The summed E-state index contributed by atoms with van der Waals surface area (Å²) in [6.07, 6.45) is -11.8. The maximum atomic E-state index is 13.1. The topological polar surface area (TPSA) is 23.5 Å². The summed E-state index contributed by atoms with van der Waals surface area (Å²) in [6.45, 7) is 2.68. The molecule has 2 aromatic rings. The van der Waals surface area contributed by atoms with Gasteiger partial charge in [0, 0.05) is 30.3 Å². The number of benzene rings is 2. The van der Waals surface area contributed by atoms with Gasteiger partial charge in [0.15, 0.2) is 0 Å². The molecule has 1 aliphatic heterocycles. The number of alkyl halides is 6. The summed E-state index contributed by atoms with van der Waals surface area (Å²) in [5, 5.41) is 9.61. The van der Waals surface area contributed by atoms with Crippen LogP contribution in [-0.4, -0.2) is 24.0 Å². The Kier molecular flexibility index (Phi) is 4.66. The van der Waals surface area contributed by atoms with Gasteiger partial charge in [0.1, 0.15) is 0 Å². The SMILES string of the molecule is CC1CN(Cc2ccccc2)c2ccc(C(O)(C(F)(F)F)C(F)(F)F)cc21. The molecule has 1 N–H and O–H groups in total. The number of hydrogen-bond acceptors (Lipinski definition) is 2. The number of nitrogens with zero attached hydrogens (tertiary/aromatic N) is 1. The smallest absolute Gasteiger partial charge is 0.369 e. The van der Waals surface area contributed by atoms with E-state index in [2.05, 4.69) is 0 Å². The monoisotopic (exact) mass is 389 g/mol. The van der Waals surface area contributed by atoms with E-state index in [0.29, 0.717) is 30.4 Å². The molecule has 0 spiro atoms. The molecule has 2 aromatic carbocycles. The van der Waals surface area contributed by atoms with Crippen molar-refractivity contribution in [2.75, 3.05) is 11.4 Å². The van der Waals surface area contributed by atoms with Crippen LogP contribution in [0.15, 0.2) is 48.5 Å². The average Bonchev–Trinajstić information content (AvgIpc) is 2.88.